The summed E-state index contributed by atoms with van der Waals surface area (Å²) in [5.74, 6) is 0.687. The third-order valence-electron chi connectivity index (χ3n) is 2.21. The van der Waals surface area contributed by atoms with E-state index in [1.165, 1.54) is 0 Å². The molecule has 0 rings (SSSR count). The molecule has 0 aliphatic carbocycles. The Hall–Kier alpha value is -0.350. The van der Waals surface area contributed by atoms with E-state index in [1.54, 1.807) is 0 Å². The highest BCUT2D eigenvalue weighted by Crippen LogP contribution is 2.05. The Balaban J connectivity index is 4.03. The fourth-order valence-corrected chi connectivity index (χ4v) is 1.93. The van der Waals surface area contributed by atoms with Crippen molar-refractivity contribution in [3.05, 3.63) is 0 Å². The lowest BCUT2D eigenvalue weighted by atomic mass is 10.0. The summed E-state index contributed by atoms with van der Waals surface area (Å²) in [5, 5.41) is 7.39. The summed E-state index contributed by atoms with van der Waals surface area (Å²) in [6.45, 7) is 8.59. The number of rotatable bonds is 7. The zero-order valence-electron chi connectivity index (χ0n) is 11.3. The molecule has 0 saturated heterocycles. The molecule has 0 bridgehead atoms. The molecule has 0 aliphatic heterocycles. The minimum absolute atomic E-state index is 0.437. The van der Waals surface area contributed by atoms with Crippen molar-refractivity contribution in [2.75, 3.05) is 27.2 Å². The molecule has 0 aromatic heterocycles. The quantitative estimate of drug-likeness (QED) is 0.669. The highest BCUT2D eigenvalue weighted by Gasteiger charge is 2.12. The maximum absolute atomic E-state index is 5.26. The molecule has 1 unspecified atom stereocenters. The van der Waals surface area contributed by atoms with Crippen LogP contribution in [0.15, 0.2) is 0 Å². The summed E-state index contributed by atoms with van der Waals surface area (Å²) >= 11 is 5.26. The summed E-state index contributed by atoms with van der Waals surface area (Å²) in [5.41, 5.74) is 0. The normalized spacial score (nSPS) is 12.9. The van der Waals surface area contributed by atoms with Crippen LogP contribution in [0, 0.1) is 5.92 Å². The van der Waals surface area contributed by atoms with Crippen molar-refractivity contribution in [3.63, 3.8) is 0 Å². The Kier molecular flexibility index (Phi) is 8.57. The van der Waals surface area contributed by atoms with Gasteiger partial charge in [-0.2, -0.15) is 0 Å². The number of nitrogens with zero attached hydrogens (tertiary/aromatic N) is 1. The van der Waals surface area contributed by atoms with E-state index in [1.807, 2.05) is 0 Å². The van der Waals surface area contributed by atoms with Crippen LogP contribution in [-0.2, 0) is 0 Å². The lowest BCUT2D eigenvalue weighted by molar-refractivity contribution is 0.327. The van der Waals surface area contributed by atoms with Gasteiger partial charge in [-0.1, -0.05) is 20.8 Å². The van der Waals surface area contributed by atoms with Gasteiger partial charge in [0, 0.05) is 19.1 Å². The molecule has 0 amide bonds. The second-order valence-electron chi connectivity index (χ2n) is 4.99. The Bertz CT molecular complexity index is 183. The van der Waals surface area contributed by atoms with Crippen LogP contribution in [0.2, 0.25) is 0 Å². The first kappa shape index (κ1) is 15.7. The fourth-order valence-electron chi connectivity index (χ4n) is 1.66. The second-order valence-corrected chi connectivity index (χ2v) is 5.40. The SMILES string of the molecule is CCCNC(=S)NC(CC(C)C)CN(C)C. The van der Waals surface area contributed by atoms with Gasteiger partial charge in [0.25, 0.3) is 0 Å². The van der Waals surface area contributed by atoms with E-state index in [4.69, 9.17) is 12.2 Å². The standard InChI is InChI=1S/C12H27N3S/c1-6-7-13-12(16)14-11(8-10(2)3)9-15(4)5/h10-11H,6-9H2,1-5H3,(H2,13,14,16). The van der Waals surface area contributed by atoms with Gasteiger partial charge in [-0.05, 0) is 45.1 Å². The molecule has 0 saturated carbocycles. The minimum atomic E-state index is 0.437. The van der Waals surface area contributed by atoms with E-state index >= 15 is 0 Å². The van der Waals surface area contributed by atoms with E-state index in [9.17, 15) is 0 Å². The molecule has 0 spiro atoms. The predicted molar refractivity (Wildman–Crippen MR) is 75.8 cm³/mol. The first-order valence-electron chi connectivity index (χ1n) is 6.14. The molecule has 0 aromatic carbocycles. The van der Waals surface area contributed by atoms with Gasteiger partial charge in [0.1, 0.15) is 0 Å². The van der Waals surface area contributed by atoms with Crippen LogP contribution in [0.1, 0.15) is 33.6 Å². The maximum Gasteiger partial charge on any atom is 0.166 e. The largest absolute Gasteiger partial charge is 0.363 e. The zero-order valence-corrected chi connectivity index (χ0v) is 12.2. The van der Waals surface area contributed by atoms with E-state index in [2.05, 4.69) is 50.4 Å². The predicted octanol–water partition coefficient (Wildman–Crippen LogP) is 1.84. The van der Waals surface area contributed by atoms with E-state index in [-0.39, 0.29) is 0 Å². The number of hydrogen-bond acceptors (Lipinski definition) is 2. The van der Waals surface area contributed by atoms with Gasteiger partial charge in [-0.25, -0.2) is 0 Å². The highest BCUT2D eigenvalue weighted by molar-refractivity contribution is 7.80. The zero-order chi connectivity index (χ0) is 12.6. The molecule has 0 aromatic rings. The molecule has 0 fully saturated rings. The molecule has 3 nitrogen and oxygen atoms in total. The van der Waals surface area contributed by atoms with Crippen LogP contribution in [0.5, 0.6) is 0 Å². The molecule has 1 atom stereocenters. The highest BCUT2D eigenvalue weighted by atomic mass is 32.1. The van der Waals surface area contributed by atoms with Crippen LogP contribution in [0.4, 0.5) is 0 Å². The monoisotopic (exact) mass is 245 g/mol. The van der Waals surface area contributed by atoms with E-state index in [0.717, 1.165) is 31.0 Å². The molecule has 4 heteroatoms. The average molecular weight is 245 g/mol. The molecule has 96 valence electrons. The Morgan fingerprint density at radius 3 is 2.38 bits per heavy atom. The summed E-state index contributed by atoms with van der Waals surface area (Å²) in [6.07, 6.45) is 2.25. The van der Waals surface area contributed by atoms with Gasteiger partial charge >= 0.3 is 0 Å². The lowest BCUT2D eigenvalue weighted by Gasteiger charge is -2.25. The third-order valence-corrected chi connectivity index (χ3v) is 2.47. The molecule has 16 heavy (non-hydrogen) atoms. The third kappa shape index (κ3) is 8.92. The van der Waals surface area contributed by atoms with Crippen LogP contribution < -0.4 is 10.6 Å². The van der Waals surface area contributed by atoms with Crippen molar-refractivity contribution in [2.45, 2.75) is 39.7 Å². The summed E-state index contributed by atoms with van der Waals surface area (Å²) in [6, 6.07) is 0.437. The number of nitrogens with one attached hydrogen (secondary N) is 2. The van der Waals surface area contributed by atoms with Crippen LogP contribution in [-0.4, -0.2) is 43.2 Å². The Morgan fingerprint density at radius 1 is 1.31 bits per heavy atom. The van der Waals surface area contributed by atoms with Crippen LogP contribution in [0.25, 0.3) is 0 Å². The Labute approximate surface area is 106 Å². The molecule has 2 N–H and O–H groups in total. The molecule has 0 heterocycles. The van der Waals surface area contributed by atoms with Crippen molar-refractivity contribution in [1.82, 2.24) is 15.5 Å². The van der Waals surface area contributed by atoms with Gasteiger partial charge < -0.3 is 15.5 Å². The van der Waals surface area contributed by atoms with Crippen molar-refractivity contribution >= 4 is 17.3 Å². The van der Waals surface area contributed by atoms with Crippen molar-refractivity contribution in [3.8, 4) is 0 Å². The number of hydrogen-bond donors (Lipinski definition) is 2. The summed E-state index contributed by atoms with van der Waals surface area (Å²) < 4.78 is 0. The van der Waals surface area contributed by atoms with Gasteiger partial charge in [0.15, 0.2) is 5.11 Å². The lowest BCUT2D eigenvalue weighted by Crippen LogP contribution is -2.46. The molecule has 0 aliphatic rings. The van der Waals surface area contributed by atoms with Crippen LogP contribution >= 0.6 is 12.2 Å². The topological polar surface area (TPSA) is 27.3 Å². The number of thiocarbonyl (C=S) groups is 1. The summed E-state index contributed by atoms with van der Waals surface area (Å²) in [7, 11) is 4.19. The van der Waals surface area contributed by atoms with Gasteiger partial charge in [-0.15, -0.1) is 0 Å². The fraction of sp³-hybridized carbons (Fsp3) is 0.917. The van der Waals surface area contributed by atoms with Crippen molar-refractivity contribution in [1.29, 1.82) is 0 Å². The van der Waals surface area contributed by atoms with E-state index < -0.39 is 0 Å². The average Bonchev–Trinajstić information content (AvgIpc) is 2.12. The first-order valence-corrected chi connectivity index (χ1v) is 6.55. The molecule has 0 radical (unpaired) electrons. The van der Waals surface area contributed by atoms with Crippen molar-refractivity contribution < 1.29 is 0 Å². The second kappa shape index (κ2) is 8.76. The maximum atomic E-state index is 5.26. The van der Waals surface area contributed by atoms with Gasteiger partial charge in [0.2, 0.25) is 0 Å². The van der Waals surface area contributed by atoms with Crippen molar-refractivity contribution in [2.24, 2.45) is 5.92 Å². The molecular weight excluding hydrogens is 218 g/mol. The summed E-state index contributed by atoms with van der Waals surface area (Å²) in [4.78, 5) is 2.20. The Morgan fingerprint density at radius 2 is 1.94 bits per heavy atom. The number of likely N-dealkylation sites (N-methyl/N-ethyl adjacent to an activating group) is 1. The van der Waals surface area contributed by atoms with Crippen LogP contribution in [0.3, 0.4) is 0 Å². The van der Waals surface area contributed by atoms with Gasteiger partial charge in [0.05, 0.1) is 0 Å². The first-order chi connectivity index (χ1) is 7.45. The molecular formula is C12H27N3S. The minimum Gasteiger partial charge on any atom is -0.363 e. The smallest absolute Gasteiger partial charge is 0.166 e. The van der Waals surface area contributed by atoms with E-state index in [0.29, 0.717) is 12.0 Å². The van der Waals surface area contributed by atoms with Gasteiger partial charge in [-0.3, -0.25) is 0 Å².